The summed E-state index contributed by atoms with van der Waals surface area (Å²) in [5.74, 6) is -0.871. The molecule has 1 rings (SSSR count). The maximum absolute atomic E-state index is 11.7. The predicted octanol–water partition coefficient (Wildman–Crippen LogP) is -0.219. The second-order valence-corrected chi connectivity index (χ2v) is 4.70. The van der Waals surface area contributed by atoms with Crippen LogP contribution in [0.3, 0.4) is 0 Å². The number of carboxylic acids is 1. The Bertz CT molecular complexity index is 284. The van der Waals surface area contributed by atoms with E-state index in [9.17, 15) is 9.59 Å². The van der Waals surface area contributed by atoms with Gasteiger partial charge in [0, 0.05) is 25.6 Å². The Kier molecular flexibility index (Phi) is 6.67. The number of aliphatic carboxylic acids is 1. The molecule has 0 radical (unpaired) electrons. The summed E-state index contributed by atoms with van der Waals surface area (Å²) in [6.45, 7) is 2.30. The highest BCUT2D eigenvalue weighted by atomic mass is 16.4. The van der Waals surface area contributed by atoms with Crippen molar-refractivity contribution >= 4 is 11.9 Å². The minimum absolute atomic E-state index is 0.0410. The molecule has 0 spiro atoms. The molecule has 1 aliphatic heterocycles. The number of carbonyl (C=O) groups excluding carboxylic acids is 1. The van der Waals surface area contributed by atoms with Crippen LogP contribution in [-0.4, -0.2) is 54.1 Å². The topological polar surface area (TPSA) is 95.7 Å². The van der Waals surface area contributed by atoms with E-state index in [1.807, 2.05) is 0 Å². The molecule has 0 aromatic heterocycles. The third-order valence-electron chi connectivity index (χ3n) is 3.26. The molecule has 1 atom stereocenters. The van der Waals surface area contributed by atoms with Gasteiger partial charge in [0.15, 0.2) is 0 Å². The molecule has 1 aliphatic rings. The van der Waals surface area contributed by atoms with Gasteiger partial charge < -0.3 is 16.2 Å². The molecule has 104 valence electrons. The Morgan fingerprint density at radius 2 is 2.17 bits per heavy atom. The molecular weight excluding hydrogens is 234 g/mol. The molecule has 0 aromatic carbocycles. The van der Waals surface area contributed by atoms with Crippen molar-refractivity contribution in [2.24, 2.45) is 5.73 Å². The van der Waals surface area contributed by atoms with Crippen LogP contribution in [0, 0.1) is 0 Å². The standard InChI is InChI=1S/C12H23N3O3/c13-8-10-4-1-2-7-15(10)9-11(16)14-6-3-5-12(17)18/h10H,1-9,13H2,(H,14,16)(H,17,18). The molecule has 6 nitrogen and oxygen atoms in total. The number of nitrogens with one attached hydrogen (secondary N) is 1. The van der Waals surface area contributed by atoms with Crippen LogP contribution < -0.4 is 11.1 Å². The second-order valence-electron chi connectivity index (χ2n) is 4.70. The highest BCUT2D eigenvalue weighted by Crippen LogP contribution is 2.15. The van der Waals surface area contributed by atoms with Crippen molar-refractivity contribution in [1.82, 2.24) is 10.2 Å². The summed E-state index contributed by atoms with van der Waals surface area (Å²) in [7, 11) is 0. The largest absolute Gasteiger partial charge is 0.481 e. The minimum Gasteiger partial charge on any atom is -0.481 e. The van der Waals surface area contributed by atoms with Gasteiger partial charge in [-0.1, -0.05) is 6.42 Å². The van der Waals surface area contributed by atoms with Crippen LogP contribution in [0.4, 0.5) is 0 Å². The van der Waals surface area contributed by atoms with Crippen molar-refractivity contribution in [3.63, 3.8) is 0 Å². The van der Waals surface area contributed by atoms with E-state index in [0.29, 0.717) is 32.1 Å². The normalized spacial score (nSPS) is 20.6. The van der Waals surface area contributed by atoms with Crippen LogP contribution in [0.25, 0.3) is 0 Å². The summed E-state index contributed by atoms with van der Waals surface area (Å²) in [4.78, 5) is 24.1. The number of piperidine rings is 1. The highest BCUT2D eigenvalue weighted by molar-refractivity contribution is 5.78. The molecule has 4 N–H and O–H groups in total. The fourth-order valence-corrected chi connectivity index (χ4v) is 2.24. The lowest BCUT2D eigenvalue weighted by Gasteiger charge is -2.34. The zero-order valence-electron chi connectivity index (χ0n) is 10.7. The van der Waals surface area contributed by atoms with E-state index in [0.717, 1.165) is 19.4 Å². The molecular formula is C12H23N3O3. The SMILES string of the molecule is NCC1CCCCN1CC(=O)NCCCC(=O)O. The quantitative estimate of drug-likeness (QED) is 0.548. The third kappa shape index (κ3) is 5.46. The highest BCUT2D eigenvalue weighted by Gasteiger charge is 2.22. The zero-order chi connectivity index (χ0) is 13.4. The zero-order valence-corrected chi connectivity index (χ0v) is 10.7. The molecule has 0 aromatic rings. The fraction of sp³-hybridized carbons (Fsp3) is 0.833. The van der Waals surface area contributed by atoms with Gasteiger partial charge in [-0.3, -0.25) is 14.5 Å². The monoisotopic (exact) mass is 257 g/mol. The van der Waals surface area contributed by atoms with Gasteiger partial charge in [-0.05, 0) is 25.8 Å². The van der Waals surface area contributed by atoms with Crippen molar-refractivity contribution in [3.05, 3.63) is 0 Å². The number of likely N-dealkylation sites (tertiary alicyclic amines) is 1. The lowest BCUT2D eigenvalue weighted by molar-refractivity contribution is -0.137. The summed E-state index contributed by atoms with van der Waals surface area (Å²) >= 11 is 0. The molecule has 0 aliphatic carbocycles. The molecule has 1 amide bonds. The Morgan fingerprint density at radius 3 is 2.83 bits per heavy atom. The number of hydrogen-bond acceptors (Lipinski definition) is 4. The van der Waals surface area contributed by atoms with E-state index < -0.39 is 5.97 Å². The molecule has 6 heteroatoms. The van der Waals surface area contributed by atoms with Crippen molar-refractivity contribution in [2.75, 3.05) is 26.2 Å². The number of hydrogen-bond donors (Lipinski definition) is 3. The average Bonchev–Trinajstić information content (AvgIpc) is 2.35. The smallest absolute Gasteiger partial charge is 0.303 e. The van der Waals surface area contributed by atoms with Gasteiger partial charge in [0.2, 0.25) is 5.91 Å². The van der Waals surface area contributed by atoms with Gasteiger partial charge in [-0.2, -0.15) is 0 Å². The average molecular weight is 257 g/mol. The first-order valence-corrected chi connectivity index (χ1v) is 6.56. The van der Waals surface area contributed by atoms with Crippen molar-refractivity contribution in [3.8, 4) is 0 Å². The lowest BCUT2D eigenvalue weighted by Crippen LogP contribution is -2.48. The van der Waals surface area contributed by atoms with E-state index in [4.69, 9.17) is 10.8 Å². The van der Waals surface area contributed by atoms with Crippen molar-refractivity contribution < 1.29 is 14.7 Å². The van der Waals surface area contributed by atoms with Crippen LogP contribution in [0.1, 0.15) is 32.1 Å². The van der Waals surface area contributed by atoms with Crippen LogP contribution in [0.15, 0.2) is 0 Å². The van der Waals surface area contributed by atoms with Gasteiger partial charge in [-0.25, -0.2) is 0 Å². The van der Waals surface area contributed by atoms with Gasteiger partial charge in [0.25, 0.3) is 0 Å². The first-order chi connectivity index (χ1) is 8.63. The summed E-state index contributed by atoms with van der Waals surface area (Å²) in [6, 6.07) is 0.309. The van der Waals surface area contributed by atoms with Gasteiger partial charge >= 0.3 is 5.97 Å². The van der Waals surface area contributed by atoms with Crippen LogP contribution in [0.5, 0.6) is 0 Å². The molecule has 1 heterocycles. The van der Waals surface area contributed by atoms with Gasteiger partial charge in [0.05, 0.1) is 6.54 Å². The van der Waals surface area contributed by atoms with Crippen LogP contribution in [0.2, 0.25) is 0 Å². The number of carboxylic acid groups (broad SMARTS) is 1. The lowest BCUT2D eigenvalue weighted by atomic mass is 10.0. The van der Waals surface area contributed by atoms with Crippen molar-refractivity contribution in [2.45, 2.75) is 38.1 Å². The van der Waals surface area contributed by atoms with Gasteiger partial charge in [-0.15, -0.1) is 0 Å². The van der Waals surface area contributed by atoms with E-state index in [1.165, 1.54) is 6.42 Å². The number of nitrogens with zero attached hydrogens (tertiary/aromatic N) is 1. The Morgan fingerprint density at radius 1 is 1.39 bits per heavy atom. The summed E-state index contributed by atoms with van der Waals surface area (Å²) in [5, 5.41) is 11.2. The molecule has 1 fully saturated rings. The maximum Gasteiger partial charge on any atom is 0.303 e. The number of rotatable bonds is 7. The van der Waals surface area contributed by atoms with Gasteiger partial charge in [0.1, 0.15) is 0 Å². The summed E-state index contributed by atoms with van der Waals surface area (Å²) in [6.07, 6.45) is 3.92. The Balaban J connectivity index is 2.19. The summed E-state index contributed by atoms with van der Waals surface area (Å²) in [5.41, 5.74) is 5.69. The second kappa shape index (κ2) is 8.05. The van der Waals surface area contributed by atoms with E-state index >= 15 is 0 Å². The summed E-state index contributed by atoms with van der Waals surface area (Å²) < 4.78 is 0. The predicted molar refractivity (Wildman–Crippen MR) is 68.1 cm³/mol. The first kappa shape index (κ1) is 14.9. The minimum atomic E-state index is -0.830. The van der Waals surface area contributed by atoms with E-state index in [2.05, 4.69) is 10.2 Å². The van der Waals surface area contributed by atoms with E-state index in [1.54, 1.807) is 0 Å². The fourth-order valence-electron chi connectivity index (χ4n) is 2.24. The number of nitrogens with two attached hydrogens (primary N) is 1. The first-order valence-electron chi connectivity index (χ1n) is 6.56. The molecule has 0 saturated carbocycles. The molecule has 1 unspecified atom stereocenters. The van der Waals surface area contributed by atoms with Crippen molar-refractivity contribution in [1.29, 1.82) is 0 Å². The van der Waals surface area contributed by atoms with E-state index in [-0.39, 0.29) is 12.3 Å². The molecule has 0 bridgehead atoms. The maximum atomic E-state index is 11.7. The Labute approximate surface area is 108 Å². The molecule has 18 heavy (non-hydrogen) atoms. The third-order valence-corrected chi connectivity index (χ3v) is 3.26. The Hall–Kier alpha value is -1.14. The number of amides is 1. The van der Waals surface area contributed by atoms with Crippen LogP contribution in [-0.2, 0) is 9.59 Å². The molecule has 1 saturated heterocycles. The van der Waals surface area contributed by atoms with Crippen LogP contribution >= 0.6 is 0 Å². The number of carbonyl (C=O) groups is 2.